The number of rotatable bonds is 4. The van der Waals surface area contributed by atoms with Crippen molar-refractivity contribution < 1.29 is 22.7 Å². The summed E-state index contributed by atoms with van der Waals surface area (Å²) in [7, 11) is 0. The molecule has 15 heavy (non-hydrogen) atoms. The number of alkyl halides is 2. The molecule has 0 aliphatic heterocycles. The van der Waals surface area contributed by atoms with Crippen LogP contribution in [0, 0.1) is 5.82 Å². The van der Waals surface area contributed by atoms with Crippen LogP contribution in [0.3, 0.4) is 0 Å². The molecule has 0 fully saturated rings. The zero-order valence-electron chi connectivity index (χ0n) is 7.97. The number of halogens is 3. The average Bonchev–Trinajstić information content (AvgIpc) is 2.10. The first-order valence-electron chi connectivity index (χ1n) is 4.22. The first-order chi connectivity index (χ1) is 7.00. The number of hydrogen-bond donors (Lipinski definition) is 0. The smallest absolute Gasteiger partial charge is 0.387 e. The number of hydrogen-bond acceptors (Lipinski definition) is 2. The lowest BCUT2D eigenvalue weighted by Gasteiger charge is -2.08. The molecular weight excluding hydrogens is 209 g/mol. The number of ketones is 1. The Bertz CT molecular complexity index is 364. The third kappa shape index (κ3) is 3.27. The van der Waals surface area contributed by atoms with Crippen molar-refractivity contribution in [2.24, 2.45) is 0 Å². The van der Waals surface area contributed by atoms with Gasteiger partial charge in [0.2, 0.25) is 0 Å². The molecular formula is C10H9F3O2. The summed E-state index contributed by atoms with van der Waals surface area (Å²) < 4.78 is 41.0. The van der Waals surface area contributed by atoms with Crippen LogP contribution in [0.4, 0.5) is 13.2 Å². The van der Waals surface area contributed by atoms with Crippen molar-refractivity contribution in [1.29, 1.82) is 0 Å². The molecule has 5 heteroatoms. The highest BCUT2D eigenvalue weighted by molar-refractivity contribution is 5.78. The van der Waals surface area contributed by atoms with E-state index in [1.165, 1.54) is 19.1 Å². The summed E-state index contributed by atoms with van der Waals surface area (Å²) >= 11 is 0. The summed E-state index contributed by atoms with van der Waals surface area (Å²) in [5.41, 5.74) is 0.0562. The van der Waals surface area contributed by atoms with E-state index in [2.05, 4.69) is 4.74 Å². The molecule has 0 aliphatic carbocycles. The van der Waals surface area contributed by atoms with Crippen molar-refractivity contribution in [3.05, 3.63) is 29.6 Å². The highest BCUT2D eigenvalue weighted by Crippen LogP contribution is 2.22. The molecule has 0 saturated heterocycles. The van der Waals surface area contributed by atoms with E-state index in [1.54, 1.807) is 0 Å². The van der Waals surface area contributed by atoms with Crippen LogP contribution in [0.1, 0.15) is 12.5 Å². The van der Waals surface area contributed by atoms with E-state index in [0.717, 1.165) is 6.07 Å². The third-order valence-electron chi connectivity index (χ3n) is 1.70. The zero-order chi connectivity index (χ0) is 11.4. The summed E-state index contributed by atoms with van der Waals surface area (Å²) in [5.74, 6) is -1.69. The molecule has 0 aromatic heterocycles. The van der Waals surface area contributed by atoms with E-state index < -0.39 is 18.2 Å². The highest BCUT2D eigenvalue weighted by Gasteiger charge is 2.13. The van der Waals surface area contributed by atoms with Crippen LogP contribution in [-0.2, 0) is 11.2 Å². The van der Waals surface area contributed by atoms with Crippen LogP contribution in [0.15, 0.2) is 18.2 Å². The topological polar surface area (TPSA) is 26.3 Å². The van der Waals surface area contributed by atoms with E-state index >= 15 is 0 Å². The van der Waals surface area contributed by atoms with Crippen molar-refractivity contribution in [2.45, 2.75) is 20.0 Å². The maximum atomic E-state index is 13.4. The van der Waals surface area contributed by atoms with Gasteiger partial charge in [0, 0.05) is 6.42 Å². The molecule has 0 spiro atoms. The van der Waals surface area contributed by atoms with E-state index in [4.69, 9.17) is 0 Å². The van der Waals surface area contributed by atoms with Crippen molar-refractivity contribution >= 4 is 5.78 Å². The van der Waals surface area contributed by atoms with Gasteiger partial charge in [-0.15, -0.1) is 0 Å². The van der Waals surface area contributed by atoms with Gasteiger partial charge in [0.05, 0.1) is 0 Å². The van der Waals surface area contributed by atoms with Crippen LogP contribution >= 0.6 is 0 Å². The lowest BCUT2D eigenvalue weighted by Crippen LogP contribution is -2.06. The predicted molar refractivity (Wildman–Crippen MR) is 47.4 cm³/mol. The van der Waals surface area contributed by atoms with E-state index in [-0.39, 0.29) is 17.8 Å². The second-order valence-corrected chi connectivity index (χ2v) is 2.99. The monoisotopic (exact) mass is 218 g/mol. The van der Waals surface area contributed by atoms with Crippen LogP contribution in [-0.4, -0.2) is 12.4 Å². The van der Waals surface area contributed by atoms with Gasteiger partial charge in [0.1, 0.15) is 5.78 Å². The molecule has 82 valence electrons. The molecule has 1 rings (SSSR count). The summed E-state index contributed by atoms with van der Waals surface area (Å²) in [4.78, 5) is 10.7. The van der Waals surface area contributed by atoms with Crippen LogP contribution < -0.4 is 4.74 Å². The molecule has 0 N–H and O–H groups in total. The van der Waals surface area contributed by atoms with Gasteiger partial charge in [-0.2, -0.15) is 8.78 Å². The van der Waals surface area contributed by atoms with Gasteiger partial charge in [-0.05, 0) is 18.6 Å². The molecule has 0 aliphatic rings. The SMILES string of the molecule is CC(=O)Cc1cccc(OC(F)F)c1F. The van der Waals surface area contributed by atoms with Gasteiger partial charge in [-0.3, -0.25) is 4.79 Å². The molecule has 2 nitrogen and oxygen atoms in total. The van der Waals surface area contributed by atoms with Gasteiger partial charge >= 0.3 is 6.61 Å². The molecule has 0 bridgehead atoms. The quantitative estimate of drug-likeness (QED) is 0.776. The Morgan fingerprint density at radius 2 is 2.13 bits per heavy atom. The maximum absolute atomic E-state index is 13.4. The maximum Gasteiger partial charge on any atom is 0.387 e. The van der Waals surface area contributed by atoms with E-state index in [1.807, 2.05) is 0 Å². The number of Topliss-reactive ketones (excluding diaryl/α,β-unsaturated/α-hetero) is 1. The van der Waals surface area contributed by atoms with Crippen molar-refractivity contribution in [3.63, 3.8) is 0 Å². The van der Waals surface area contributed by atoms with Gasteiger partial charge in [0.15, 0.2) is 11.6 Å². The van der Waals surface area contributed by atoms with Crippen LogP contribution in [0.5, 0.6) is 5.75 Å². The predicted octanol–water partition coefficient (Wildman–Crippen LogP) is 2.56. The van der Waals surface area contributed by atoms with E-state index in [9.17, 15) is 18.0 Å². The number of ether oxygens (including phenoxy) is 1. The summed E-state index contributed by atoms with van der Waals surface area (Å²) in [5, 5.41) is 0. The second kappa shape index (κ2) is 4.82. The first kappa shape index (κ1) is 11.6. The third-order valence-corrected chi connectivity index (χ3v) is 1.70. The Morgan fingerprint density at radius 3 is 2.67 bits per heavy atom. The molecule has 0 saturated carbocycles. The normalized spacial score (nSPS) is 10.5. The Balaban J connectivity index is 2.95. The Labute approximate surface area is 84.7 Å². The second-order valence-electron chi connectivity index (χ2n) is 2.99. The Kier molecular flexibility index (Phi) is 3.71. The lowest BCUT2D eigenvalue weighted by molar-refractivity contribution is -0.116. The molecule has 0 heterocycles. The molecule has 0 amide bonds. The van der Waals surface area contributed by atoms with Crippen molar-refractivity contribution in [2.75, 3.05) is 0 Å². The molecule has 1 aromatic rings. The largest absolute Gasteiger partial charge is 0.432 e. The van der Waals surface area contributed by atoms with Crippen molar-refractivity contribution in [3.8, 4) is 5.75 Å². The molecule has 0 unspecified atom stereocenters. The van der Waals surface area contributed by atoms with E-state index in [0.29, 0.717) is 0 Å². The Morgan fingerprint density at radius 1 is 1.47 bits per heavy atom. The average molecular weight is 218 g/mol. The minimum Gasteiger partial charge on any atom is -0.432 e. The summed E-state index contributed by atoms with van der Waals surface area (Å²) in [6.45, 7) is -1.79. The van der Waals surface area contributed by atoms with Gasteiger partial charge in [-0.1, -0.05) is 12.1 Å². The summed E-state index contributed by atoms with van der Waals surface area (Å²) in [6, 6.07) is 3.80. The molecule has 0 radical (unpaired) electrons. The highest BCUT2D eigenvalue weighted by atomic mass is 19.3. The fourth-order valence-electron chi connectivity index (χ4n) is 1.15. The molecule has 0 atom stereocenters. The first-order valence-corrected chi connectivity index (χ1v) is 4.22. The molecule has 1 aromatic carbocycles. The minimum atomic E-state index is -3.08. The van der Waals surface area contributed by atoms with Gasteiger partial charge < -0.3 is 4.74 Å². The Hall–Kier alpha value is -1.52. The zero-order valence-corrected chi connectivity index (χ0v) is 7.97. The van der Waals surface area contributed by atoms with Gasteiger partial charge in [0.25, 0.3) is 0 Å². The lowest BCUT2D eigenvalue weighted by atomic mass is 10.1. The number of carbonyl (C=O) groups is 1. The summed E-state index contributed by atoms with van der Waals surface area (Å²) in [6.07, 6.45) is -0.133. The van der Waals surface area contributed by atoms with Crippen LogP contribution in [0.25, 0.3) is 0 Å². The fraction of sp³-hybridized carbons (Fsp3) is 0.300. The van der Waals surface area contributed by atoms with Gasteiger partial charge in [-0.25, -0.2) is 4.39 Å². The minimum absolute atomic E-state index is 0.0562. The number of benzene rings is 1. The standard InChI is InChI=1S/C10H9F3O2/c1-6(14)5-7-3-2-4-8(9(7)11)15-10(12)13/h2-4,10H,5H2,1H3. The van der Waals surface area contributed by atoms with Crippen molar-refractivity contribution in [1.82, 2.24) is 0 Å². The fourth-order valence-corrected chi connectivity index (χ4v) is 1.15. The number of carbonyl (C=O) groups excluding carboxylic acids is 1. The van der Waals surface area contributed by atoms with Crippen LogP contribution in [0.2, 0.25) is 0 Å².